The van der Waals surface area contributed by atoms with Crippen molar-refractivity contribution in [2.24, 2.45) is 0 Å². The Hall–Kier alpha value is -1.36. The third kappa shape index (κ3) is 4.49. The van der Waals surface area contributed by atoms with Crippen LogP contribution in [0.3, 0.4) is 0 Å². The van der Waals surface area contributed by atoms with Crippen molar-refractivity contribution in [2.45, 2.75) is 32.5 Å². The van der Waals surface area contributed by atoms with Crippen LogP contribution in [-0.4, -0.2) is 18.0 Å². The zero-order valence-corrected chi connectivity index (χ0v) is 10.5. The van der Waals surface area contributed by atoms with E-state index in [2.05, 4.69) is 0 Å². The molecular weight excluding hydrogens is 245 g/mol. The molecule has 2 nitrogen and oxygen atoms in total. The summed E-state index contributed by atoms with van der Waals surface area (Å²) in [6.45, 7) is 5.25. The lowest BCUT2D eigenvalue weighted by atomic mass is 10.1. The quantitative estimate of drug-likeness (QED) is 0.774. The fourth-order valence-electron chi connectivity index (χ4n) is 1.21. The van der Waals surface area contributed by atoms with Gasteiger partial charge in [-0.2, -0.15) is 13.2 Å². The highest BCUT2D eigenvalue weighted by Gasteiger charge is 2.30. The molecule has 0 aliphatic rings. The van der Waals surface area contributed by atoms with E-state index in [0.717, 1.165) is 24.3 Å². The fraction of sp³-hybridized carbons (Fsp3) is 0.462. The van der Waals surface area contributed by atoms with E-state index < -0.39 is 17.3 Å². The highest BCUT2D eigenvalue weighted by molar-refractivity contribution is 5.97. The predicted molar refractivity (Wildman–Crippen MR) is 61.5 cm³/mol. The molecule has 0 radical (unpaired) electrons. The summed E-state index contributed by atoms with van der Waals surface area (Å²) < 4.78 is 42.2. The molecule has 1 rings (SSSR count). The van der Waals surface area contributed by atoms with Crippen LogP contribution in [0.5, 0.6) is 0 Å². The second kappa shape index (κ2) is 5.10. The number of ketones is 1. The Bertz CT molecular complexity index is 413. The van der Waals surface area contributed by atoms with Crippen molar-refractivity contribution in [2.75, 3.05) is 6.61 Å². The van der Waals surface area contributed by atoms with E-state index in [4.69, 9.17) is 4.74 Å². The van der Waals surface area contributed by atoms with E-state index >= 15 is 0 Å². The summed E-state index contributed by atoms with van der Waals surface area (Å²) in [7, 11) is 0. The van der Waals surface area contributed by atoms with Crippen LogP contribution < -0.4 is 0 Å². The fourth-order valence-corrected chi connectivity index (χ4v) is 1.21. The zero-order valence-electron chi connectivity index (χ0n) is 10.5. The molecule has 0 aliphatic heterocycles. The van der Waals surface area contributed by atoms with Gasteiger partial charge < -0.3 is 4.74 Å². The van der Waals surface area contributed by atoms with Crippen molar-refractivity contribution in [1.29, 1.82) is 0 Å². The second-order valence-electron chi connectivity index (χ2n) is 4.90. The molecule has 5 heteroatoms. The van der Waals surface area contributed by atoms with E-state index in [-0.39, 0.29) is 18.0 Å². The number of carbonyl (C=O) groups excluding carboxylic acids is 1. The summed E-state index contributed by atoms with van der Waals surface area (Å²) in [6, 6.07) is 4.11. The largest absolute Gasteiger partial charge is 0.416 e. The number of rotatable bonds is 3. The van der Waals surface area contributed by atoms with Crippen LogP contribution >= 0.6 is 0 Å². The third-order valence-corrected chi connectivity index (χ3v) is 2.17. The van der Waals surface area contributed by atoms with Crippen LogP contribution in [0.4, 0.5) is 13.2 Å². The molecule has 0 heterocycles. The number of benzene rings is 1. The van der Waals surface area contributed by atoms with Crippen LogP contribution in [0.15, 0.2) is 24.3 Å². The average Bonchev–Trinajstić information content (AvgIpc) is 2.24. The van der Waals surface area contributed by atoms with Crippen LogP contribution in [-0.2, 0) is 10.9 Å². The highest BCUT2D eigenvalue weighted by atomic mass is 19.4. The van der Waals surface area contributed by atoms with Gasteiger partial charge in [0.25, 0.3) is 0 Å². The number of hydrogen-bond donors (Lipinski definition) is 0. The lowest BCUT2D eigenvalue weighted by Gasteiger charge is -2.18. The van der Waals surface area contributed by atoms with Crippen molar-refractivity contribution >= 4 is 5.78 Å². The summed E-state index contributed by atoms with van der Waals surface area (Å²) >= 11 is 0. The van der Waals surface area contributed by atoms with Gasteiger partial charge >= 0.3 is 6.18 Å². The number of hydrogen-bond acceptors (Lipinski definition) is 2. The van der Waals surface area contributed by atoms with Crippen LogP contribution in [0.1, 0.15) is 36.7 Å². The monoisotopic (exact) mass is 260 g/mol. The van der Waals surface area contributed by atoms with Gasteiger partial charge in [0.1, 0.15) is 6.61 Å². The second-order valence-corrected chi connectivity index (χ2v) is 4.90. The molecule has 0 unspecified atom stereocenters. The molecule has 1 aromatic rings. The number of carbonyl (C=O) groups is 1. The molecule has 0 spiro atoms. The molecule has 0 bridgehead atoms. The Balaban J connectivity index is 2.71. The summed E-state index contributed by atoms with van der Waals surface area (Å²) in [5.41, 5.74) is -1.01. The predicted octanol–water partition coefficient (Wildman–Crippen LogP) is 3.70. The molecule has 0 aliphatic carbocycles. The summed E-state index contributed by atoms with van der Waals surface area (Å²) in [4.78, 5) is 11.6. The van der Waals surface area contributed by atoms with E-state index in [9.17, 15) is 18.0 Å². The molecule has 0 fully saturated rings. The maximum absolute atomic E-state index is 12.3. The Morgan fingerprint density at radius 2 is 1.61 bits per heavy atom. The lowest BCUT2D eigenvalue weighted by molar-refractivity contribution is -0.137. The topological polar surface area (TPSA) is 26.3 Å². The maximum atomic E-state index is 12.3. The summed E-state index contributed by atoms with van der Waals surface area (Å²) in [5.74, 6) is -0.335. The number of Topliss-reactive ketones (excluding diaryl/α,β-unsaturated/α-hetero) is 1. The number of ether oxygens (including phenoxy) is 1. The Labute approximate surface area is 104 Å². The van der Waals surface area contributed by atoms with Gasteiger partial charge in [0.15, 0.2) is 5.78 Å². The first kappa shape index (κ1) is 14.7. The van der Waals surface area contributed by atoms with Gasteiger partial charge in [0, 0.05) is 5.56 Å². The zero-order chi connectivity index (χ0) is 14.0. The van der Waals surface area contributed by atoms with E-state index in [1.165, 1.54) is 0 Å². The molecule has 0 atom stereocenters. The van der Waals surface area contributed by atoms with Crippen molar-refractivity contribution in [1.82, 2.24) is 0 Å². The molecule has 0 aromatic heterocycles. The van der Waals surface area contributed by atoms with Gasteiger partial charge in [-0.25, -0.2) is 0 Å². The Kier molecular flexibility index (Phi) is 4.16. The van der Waals surface area contributed by atoms with Gasteiger partial charge in [0.05, 0.1) is 11.2 Å². The first-order valence-corrected chi connectivity index (χ1v) is 5.44. The Morgan fingerprint density at radius 3 is 2.00 bits per heavy atom. The van der Waals surface area contributed by atoms with E-state index in [0.29, 0.717) is 0 Å². The van der Waals surface area contributed by atoms with E-state index in [1.54, 1.807) is 20.8 Å². The van der Waals surface area contributed by atoms with Crippen molar-refractivity contribution in [3.05, 3.63) is 35.4 Å². The molecular formula is C13H15F3O2. The molecule has 100 valence electrons. The average molecular weight is 260 g/mol. The molecule has 18 heavy (non-hydrogen) atoms. The highest BCUT2D eigenvalue weighted by Crippen LogP contribution is 2.29. The van der Waals surface area contributed by atoms with Crippen LogP contribution in [0, 0.1) is 0 Å². The summed E-state index contributed by atoms with van der Waals surface area (Å²) in [6.07, 6.45) is -4.39. The first-order valence-electron chi connectivity index (χ1n) is 5.44. The smallest absolute Gasteiger partial charge is 0.368 e. The molecule has 0 amide bonds. The Morgan fingerprint density at radius 1 is 1.11 bits per heavy atom. The van der Waals surface area contributed by atoms with E-state index in [1.807, 2.05) is 0 Å². The maximum Gasteiger partial charge on any atom is 0.416 e. The first-order chi connectivity index (χ1) is 8.09. The van der Waals surface area contributed by atoms with Gasteiger partial charge in [-0.3, -0.25) is 4.79 Å². The lowest BCUT2D eigenvalue weighted by Crippen LogP contribution is -2.23. The minimum absolute atomic E-state index is 0.144. The molecule has 0 N–H and O–H groups in total. The molecule has 0 saturated heterocycles. The van der Waals surface area contributed by atoms with Crippen LogP contribution in [0.25, 0.3) is 0 Å². The number of alkyl halides is 3. The normalized spacial score (nSPS) is 12.6. The molecule has 1 aromatic carbocycles. The van der Waals surface area contributed by atoms with Crippen molar-refractivity contribution < 1.29 is 22.7 Å². The SMILES string of the molecule is CC(C)(C)OCC(=O)c1ccc(C(F)(F)F)cc1. The van der Waals surface area contributed by atoms with Gasteiger partial charge in [0.2, 0.25) is 0 Å². The summed E-state index contributed by atoms with van der Waals surface area (Å²) in [5, 5.41) is 0. The minimum atomic E-state index is -4.39. The number of halogens is 3. The minimum Gasteiger partial charge on any atom is -0.368 e. The van der Waals surface area contributed by atoms with Gasteiger partial charge in [-0.05, 0) is 32.9 Å². The third-order valence-electron chi connectivity index (χ3n) is 2.17. The van der Waals surface area contributed by atoms with Crippen molar-refractivity contribution in [3.8, 4) is 0 Å². The van der Waals surface area contributed by atoms with Crippen molar-refractivity contribution in [3.63, 3.8) is 0 Å². The van der Waals surface area contributed by atoms with Crippen LogP contribution in [0.2, 0.25) is 0 Å². The molecule has 0 saturated carbocycles. The van der Waals surface area contributed by atoms with Gasteiger partial charge in [-0.1, -0.05) is 12.1 Å². The standard InChI is InChI=1S/C13H15F3O2/c1-12(2,3)18-8-11(17)9-4-6-10(7-5-9)13(14,15)16/h4-7H,8H2,1-3H3. The van der Waals surface area contributed by atoms with Gasteiger partial charge in [-0.15, -0.1) is 0 Å².